The Morgan fingerprint density at radius 3 is 2.11 bits per heavy atom. The number of morpholine rings is 1. The second-order valence-electron chi connectivity index (χ2n) is 6.49. The second kappa shape index (κ2) is 10.5. The van der Waals surface area contributed by atoms with Crippen molar-refractivity contribution in [3.8, 4) is 11.5 Å². The van der Waals surface area contributed by atoms with Gasteiger partial charge in [0.15, 0.2) is 0 Å². The van der Waals surface area contributed by atoms with E-state index in [2.05, 4.69) is 15.5 Å². The number of methoxy groups -OCH3 is 1. The van der Waals surface area contributed by atoms with E-state index in [1.54, 1.807) is 31.4 Å². The van der Waals surface area contributed by atoms with Gasteiger partial charge in [-0.3, -0.25) is 4.90 Å². The van der Waals surface area contributed by atoms with Crippen molar-refractivity contribution < 1.29 is 19.0 Å². The molecule has 1 fully saturated rings. The van der Waals surface area contributed by atoms with E-state index in [0.29, 0.717) is 18.0 Å². The third-order valence-electron chi connectivity index (χ3n) is 4.45. The first-order valence-corrected chi connectivity index (χ1v) is 9.48. The van der Waals surface area contributed by atoms with Crippen LogP contribution in [-0.4, -0.2) is 57.5 Å². The van der Waals surface area contributed by atoms with Gasteiger partial charge in [-0.1, -0.05) is 0 Å². The normalized spacial score (nSPS) is 14.3. The molecule has 0 spiro atoms. The summed E-state index contributed by atoms with van der Waals surface area (Å²) in [6.45, 7) is 5.33. The van der Waals surface area contributed by atoms with Gasteiger partial charge in [-0.15, -0.1) is 0 Å². The van der Waals surface area contributed by atoms with Crippen LogP contribution in [0.25, 0.3) is 0 Å². The predicted molar refractivity (Wildman–Crippen MR) is 109 cm³/mol. The maximum absolute atomic E-state index is 12.1. The molecule has 1 aliphatic heterocycles. The molecule has 1 aliphatic rings. The average molecular weight is 385 g/mol. The fourth-order valence-corrected chi connectivity index (χ4v) is 2.91. The van der Waals surface area contributed by atoms with Crippen LogP contribution < -0.4 is 20.1 Å². The number of carbonyl (C=O) groups is 1. The summed E-state index contributed by atoms with van der Waals surface area (Å²) in [4.78, 5) is 14.5. The number of rotatable bonds is 8. The van der Waals surface area contributed by atoms with Gasteiger partial charge in [0, 0.05) is 31.0 Å². The molecule has 7 heteroatoms. The molecule has 2 N–H and O–H groups in total. The fraction of sp³-hybridized carbons (Fsp3) is 0.381. The van der Waals surface area contributed by atoms with Crippen molar-refractivity contribution in [2.45, 2.75) is 6.42 Å². The molecule has 2 aromatic carbocycles. The lowest BCUT2D eigenvalue weighted by atomic mass is 10.3. The van der Waals surface area contributed by atoms with E-state index in [1.807, 2.05) is 24.3 Å². The molecule has 2 amide bonds. The summed E-state index contributed by atoms with van der Waals surface area (Å²) < 4.78 is 16.2. The van der Waals surface area contributed by atoms with E-state index >= 15 is 0 Å². The molecule has 0 saturated carbocycles. The Balaban J connectivity index is 1.37. The van der Waals surface area contributed by atoms with Crippen LogP contribution in [0.2, 0.25) is 0 Å². The molecule has 0 aliphatic carbocycles. The summed E-state index contributed by atoms with van der Waals surface area (Å²) in [5, 5.41) is 5.58. The van der Waals surface area contributed by atoms with E-state index in [0.717, 1.165) is 50.8 Å². The van der Waals surface area contributed by atoms with Gasteiger partial charge >= 0.3 is 6.03 Å². The van der Waals surface area contributed by atoms with Crippen LogP contribution in [0.4, 0.5) is 16.2 Å². The van der Waals surface area contributed by atoms with Crippen molar-refractivity contribution in [1.29, 1.82) is 0 Å². The summed E-state index contributed by atoms with van der Waals surface area (Å²) in [6.07, 6.45) is 0.976. The summed E-state index contributed by atoms with van der Waals surface area (Å²) in [7, 11) is 1.60. The number of urea groups is 1. The minimum Gasteiger partial charge on any atom is -0.497 e. The molecule has 0 bridgehead atoms. The molecule has 1 saturated heterocycles. The van der Waals surface area contributed by atoms with Crippen molar-refractivity contribution in [3.05, 3.63) is 48.5 Å². The number of hydrogen-bond acceptors (Lipinski definition) is 5. The Morgan fingerprint density at radius 2 is 1.54 bits per heavy atom. The van der Waals surface area contributed by atoms with Crippen molar-refractivity contribution in [2.24, 2.45) is 0 Å². The highest BCUT2D eigenvalue weighted by atomic mass is 16.5. The standard InChI is InChI=1S/C21H27N3O4/c1-26-19-7-3-17(4-8-19)22-21(25)23-18-5-9-20(10-6-18)28-14-2-11-24-12-15-27-16-13-24/h3-10H,2,11-16H2,1H3,(H2,22,23,25). The number of nitrogens with one attached hydrogen (secondary N) is 2. The molecule has 28 heavy (non-hydrogen) atoms. The van der Waals surface area contributed by atoms with Gasteiger partial charge in [0.05, 0.1) is 26.9 Å². The van der Waals surface area contributed by atoms with Crippen molar-refractivity contribution in [1.82, 2.24) is 4.90 Å². The maximum atomic E-state index is 12.1. The largest absolute Gasteiger partial charge is 0.497 e. The zero-order valence-electron chi connectivity index (χ0n) is 16.1. The van der Waals surface area contributed by atoms with Gasteiger partial charge in [0.25, 0.3) is 0 Å². The van der Waals surface area contributed by atoms with Crippen molar-refractivity contribution in [3.63, 3.8) is 0 Å². The van der Waals surface area contributed by atoms with Gasteiger partial charge in [0.1, 0.15) is 11.5 Å². The quantitative estimate of drug-likeness (QED) is 0.681. The fourth-order valence-electron chi connectivity index (χ4n) is 2.91. The molecule has 0 aromatic heterocycles. The van der Waals surface area contributed by atoms with Crippen molar-refractivity contribution in [2.75, 3.05) is 57.2 Å². The third-order valence-corrected chi connectivity index (χ3v) is 4.45. The Hall–Kier alpha value is -2.77. The molecule has 0 unspecified atom stereocenters. The Labute approximate surface area is 165 Å². The van der Waals surface area contributed by atoms with Crippen molar-refractivity contribution >= 4 is 17.4 Å². The lowest BCUT2D eigenvalue weighted by molar-refractivity contribution is 0.0358. The lowest BCUT2D eigenvalue weighted by Crippen LogP contribution is -2.37. The molecule has 3 rings (SSSR count). The average Bonchev–Trinajstić information content (AvgIpc) is 2.73. The van der Waals surface area contributed by atoms with Crippen LogP contribution in [0, 0.1) is 0 Å². The first kappa shape index (κ1) is 20.0. The molecule has 0 atom stereocenters. The Bertz CT molecular complexity index is 728. The number of nitrogens with zero attached hydrogens (tertiary/aromatic N) is 1. The van der Waals surface area contributed by atoms with E-state index in [9.17, 15) is 4.79 Å². The van der Waals surface area contributed by atoms with Gasteiger partial charge in [0.2, 0.25) is 0 Å². The van der Waals surface area contributed by atoms with Crippen LogP contribution in [0.15, 0.2) is 48.5 Å². The molecule has 2 aromatic rings. The van der Waals surface area contributed by atoms with Crippen LogP contribution in [0.1, 0.15) is 6.42 Å². The second-order valence-corrected chi connectivity index (χ2v) is 6.49. The number of anilines is 2. The van der Waals surface area contributed by atoms with E-state index in [4.69, 9.17) is 14.2 Å². The van der Waals surface area contributed by atoms with Gasteiger partial charge < -0.3 is 24.8 Å². The minimum absolute atomic E-state index is 0.302. The van der Waals surface area contributed by atoms with Gasteiger partial charge in [-0.2, -0.15) is 0 Å². The maximum Gasteiger partial charge on any atom is 0.323 e. The van der Waals surface area contributed by atoms with E-state index in [-0.39, 0.29) is 6.03 Å². The topological polar surface area (TPSA) is 72.1 Å². The number of benzene rings is 2. The summed E-state index contributed by atoms with van der Waals surface area (Å²) in [6, 6.07) is 14.2. The Kier molecular flexibility index (Phi) is 7.52. The number of carbonyl (C=O) groups excluding carboxylic acids is 1. The molecule has 0 radical (unpaired) electrons. The molecular formula is C21H27N3O4. The minimum atomic E-state index is -0.302. The summed E-state index contributed by atoms with van der Waals surface area (Å²) in [5.74, 6) is 1.54. The summed E-state index contributed by atoms with van der Waals surface area (Å²) >= 11 is 0. The van der Waals surface area contributed by atoms with Gasteiger partial charge in [-0.25, -0.2) is 4.79 Å². The molecular weight excluding hydrogens is 358 g/mol. The molecule has 150 valence electrons. The first-order valence-electron chi connectivity index (χ1n) is 9.48. The number of hydrogen-bond donors (Lipinski definition) is 2. The smallest absolute Gasteiger partial charge is 0.323 e. The van der Waals surface area contributed by atoms with Crippen LogP contribution in [0.5, 0.6) is 11.5 Å². The highest BCUT2D eigenvalue weighted by Gasteiger charge is 2.09. The Morgan fingerprint density at radius 1 is 0.964 bits per heavy atom. The highest BCUT2D eigenvalue weighted by molar-refractivity contribution is 5.99. The molecule has 1 heterocycles. The predicted octanol–water partition coefficient (Wildman–Crippen LogP) is 3.44. The highest BCUT2D eigenvalue weighted by Crippen LogP contribution is 2.18. The first-order chi connectivity index (χ1) is 13.7. The van der Waals surface area contributed by atoms with Crippen LogP contribution >= 0.6 is 0 Å². The number of ether oxygens (including phenoxy) is 3. The SMILES string of the molecule is COc1ccc(NC(=O)Nc2ccc(OCCCN3CCOCC3)cc2)cc1. The summed E-state index contributed by atoms with van der Waals surface area (Å²) in [5.41, 5.74) is 1.39. The number of amides is 2. The monoisotopic (exact) mass is 385 g/mol. The zero-order chi connectivity index (χ0) is 19.6. The molecule has 7 nitrogen and oxygen atoms in total. The van der Waals surface area contributed by atoms with Crippen LogP contribution in [0.3, 0.4) is 0 Å². The van der Waals surface area contributed by atoms with E-state index < -0.39 is 0 Å². The zero-order valence-corrected chi connectivity index (χ0v) is 16.1. The van der Waals surface area contributed by atoms with Gasteiger partial charge in [-0.05, 0) is 55.0 Å². The van der Waals surface area contributed by atoms with Crippen LogP contribution in [-0.2, 0) is 4.74 Å². The lowest BCUT2D eigenvalue weighted by Gasteiger charge is -2.26. The third kappa shape index (κ3) is 6.44. The van der Waals surface area contributed by atoms with E-state index in [1.165, 1.54) is 0 Å².